The number of carbonyl (C=O) groups excluding carboxylic acids is 2. The number of amides is 2. The van der Waals surface area contributed by atoms with E-state index in [1.807, 2.05) is 13.0 Å². The van der Waals surface area contributed by atoms with Crippen molar-refractivity contribution in [3.63, 3.8) is 0 Å². The Hall–Kier alpha value is -2.12. The molecule has 0 saturated heterocycles. The highest BCUT2D eigenvalue weighted by molar-refractivity contribution is 6.02. The van der Waals surface area contributed by atoms with E-state index >= 15 is 0 Å². The second kappa shape index (κ2) is 9.17. The zero-order valence-corrected chi connectivity index (χ0v) is 18.8. The fourth-order valence-electron chi connectivity index (χ4n) is 4.26. The Kier molecular flexibility index (Phi) is 6.53. The standard InChI is InChI=1S/C24H35N3O4/c1-15-11-27(16(2)14-28)24(30)19-5-4-6-20(25-23(29)18-9-10-18)22(19)31-21(15)13-26(3)12-17-7-8-17/h4-6,15-18,21,28H,7-14H2,1-3H3,(H,25,29)/t15-,16-,21+/m1/s1. The molecule has 31 heavy (non-hydrogen) atoms. The van der Waals surface area contributed by atoms with Crippen LogP contribution < -0.4 is 10.1 Å². The summed E-state index contributed by atoms with van der Waals surface area (Å²) < 4.78 is 6.52. The Labute approximate surface area is 184 Å². The van der Waals surface area contributed by atoms with Gasteiger partial charge in [0.2, 0.25) is 5.91 Å². The number of benzene rings is 1. The fourth-order valence-corrected chi connectivity index (χ4v) is 4.26. The maximum Gasteiger partial charge on any atom is 0.258 e. The van der Waals surface area contributed by atoms with E-state index in [0.29, 0.717) is 23.5 Å². The highest BCUT2D eigenvalue weighted by atomic mass is 16.5. The first kappa shape index (κ1) is 22.1. The van der Waals surface area contributed by atoms with Crippen LogP contribution in [0, 0.1) is 17.8 Å². The molecule has 0 spiro atoms. The molecule has 1 heterocycles. The molecule has 2 N–H and O–H groups in total. The molecule has 0 bridgehead atoms. The molecule has 0 aromatic heterocycles. The maximum absolute atomic E-state index is 13.4. The van der Waals surface area contributed by atoms with Gasteiger partial charge in [0.05, 0.1) is 23.9 Å². The predicted octanol–water partition coefficient (Wildman–Crippen LogP) is 2.60. The molecule has 4 rings (SSSR count). The van der Waals surface area contributed by atoms with Gasteiger partial charge in [-0.1, -0.05) is 13.0 Å². The average molecular weight is 430 g/mol. The fraction of sp³-hybridized carbons (Fsp3) is 0.667. The van der Waals surface area contributed by atoms with Gasteiger partial charge in [-0.15, -0.1) is 0 Å². The summed E-state index contributed by atoms with van der Waals surface area (Å²) in [5, 5.41) is 12.8. The third-order valence-corrected chi connectivity index (χ3v) is 6.66. The summed E-state index contributed by atoms with van der Waals surface area (Å²) in [6.07, 6.45) is 4.27. The van der Waals surface area contributed by atoms with Crippen LogP contribution in [0.5, 0.6) is 5.75 Å². The third kappa shape index (κ3) is 5.21. The van der Waals surface area contributed by atoms with Crippen LogP contribution in [0.25, 0.3) is 0 Å². The van der Waals surface area contributed by atoms with Crippen molar-refractivity contribution in [2.24, 2.45) is 17.8 Å². The van der Waals surface area contributed by atoms with Crippen LogP contribution in [-0.4, -0.2) is 72.2 Å². The summed E-state index contributed by atoms with van der Waals surface area (Å²) in [6.45, 7) is 6.17. The topological polar surface area (TPSA) is 82.1 Å². The van der Waals surface area contributed by atoms with Crippen LogP contribution in [0.2, 0.25) is 0 Å². The predicted molar refractivity (Wildman–Crippen MR) is 119 cm³/mol. The Balaban J connectivity index is 1.66. The van der Waals surface area contributed by atoms with E-state index in [9.17, 15) is 14.7 Å². The van der Waals surface area contributed by atoms with E-state index in [-0.39, 0.29) is 42.4 Å². The molecule has 1 aromatic rings. The molecule has 0 unspecified atom stereocenters. The van der Waals surface area contributed by atoms with E-state index in [1.54, 1.807) is 17.0 Å². The third-order valence-electron chi connectivity index (χ3n) is 6.66. The number of hydrogen-bond acceptors (Lipinski definition) is 5. The normalized spacial score (nSPS) is 24.8. The number of aliphatic hydroxyl groups excluding tert-OH is 1. The number of para-hydroxylation sites is 1. The minimum absolute atomic E-state index is 0.0115. The number of carbonyl (C=O) groups is 2. The first-order valence-corrected chi connectivity index (χ1v) is 11.6. The van der Waals surface area contributed by atoms with Gasteiger partial charge in [0.25, 0.3) is 5.91 Å². The SMILES string of the molecule is C[C@@H]1CN([C@H](C)CO)C(=O)c2cccc(NC(=O)C3CC3)c2O[C@H]1CN(C)CC1CC1. The van der Waals surface area contributed by atoms with Crippen LogP contribution in [0.4, 0.5) is 5.69 Å². The van der Waals surface area contributed by atoms with Gasteiger partial charge in [-0.05, 0) is 57.7 Å². The molecule has 3 aliphatic rings. The number of likely N-dealkylation sites (N-methyl/N-ethyl adjacent to an activating group) is 1. The van der Waals surface area contributed by atoms with Crippen molar-refractivity contribution >= 4 is 17.5 Å². The van der Waals surface area contributed by atoms with Crippen molar-refractivity contribution in [1.29, 1.82) is 0 Å². The first-order valence-electron chi connectivity index (χ1n) is 11.6. The summed E-state index contributed by atoms with van der Waals surface area (Å²) in [6, 6.07) is 5.05. The Morgan fingerprint density at radius 3 is 2.68 bits per heavy atom. The Morgan fingerprint density at radius 1 is 1.29 bits per heavy atom. The number of aliphatic hydroxyl groups is 1. The van der Waals surface area contributed by atoms with Crippen molar-refractivity contribution in [2.45, 2.75) is 51.7 Å². The maximum atomic E-state index is 13.4. The minimum atomic E-state index is -0.296. The zero-order valence-electron chi connectivity index (χ0n) is 18.8. The lowest BCUT2D eigenvalue weighted by molar-refractivity contribution is -0.117. The zero-order chi connectivity index (χ0) is 22.1. The lowest BCUT2D eigenvalue weighted by atomic mass is 9.99. The second-order valence-electron chi connectivity index (χ2n) is 9.73. The van der Waals surface area contributed by atoms with Gasteiger partial charge in [-0.2, -0.15) is 0 Å². The van der Waals surface area contributed by atoms with Gasteiger partial charge in [0.1, 0.15) is 6.10 Å². The van der Waals surface area contributed by atoms with Crippen LogP contribution in [0.1, 0.15) is 49.9 Å². The lowest BCUT2D eigenvalue weighted by Gasteiger charge is -2.38. The number of fused-ring (bicyclic) bond motifs is 1. The van der Waals surface area contributed by atoms with E-state index in [1.165, 1.54) is 12.8 Å². The molecule has 1 aliphatic heterocycles. The van der Waals surface area contributed by atoms with Crippen LogP contribution in [-0.2, 0) is 4.79 Å². The first-order chi connectivity index (χ1) is 14.9. The highest BCUT2D eigenvalue weighted by Gasteiger charge is 2.36. The van der Waals surface area contributed by atoms with Gasteiger partial charge in [0, 0.05) is 31.5 Å². The van der Waals surface area contributed by atoms with Gasteiger partial charge in [-0.3, -0.25) is 9.59 Å². The highest BCUT2D eigenvalue weighted by Crippen LogP contribution is 2.37. The van der Waals surface area contributed by atoms with Gasteiger partial charge >= 0.3 is 0 Å². The van der Waals surface area contributed by atoms with Crippen LogP contribution in [0.15, 0.2) is 18.2 Å². The van der Waals surface area contributed by atoms with Crippen LogP contribution >= 0.6 is 0 Å². The Bertz CT molecular complexity index is 821. The lowest BCUT2D eigenvalue weighted by Crippen LogP contribution is -2.50. The van der Waals surface area contributed by atoms with E-state index in [2.05, 4.69) is 24.2 Å². The molecular formula is C24H35N3O4. The summed E-state index contributed by atoms with van der Waals surface area (Å²) in [7, 11) is 2.12. The summed E-state index contributed by atoms with van der Waals surface area (Å²) in [5.74, 6) is 1.18. The number of ether oxygens (including phenoxy) is 1. The van der Waals surface area contributed by atoms with Crippen molar-refractivity contribution < 1.29 is 19.4 Å². The smallest absolute Gasteiger partial charge is 0.258 e. The molecule has 7 nitrogen and oxygen atoms in total. The molecule has 3 atom stereocenters. The average Bonchev–Trinajstić information content (AvgIpc) is 3.64. The molecule has 2 aliphatic carbocycles. The number of hydrogen-bond donors (Lipinski definition) is 2. The monoisotopic (exact) mass is 429 g/mol. The van der Waals surface area contributed by atoms with Crippen molar-refractivity contribution in [2.75, 3.05) is 38.6 Å². The molecule has 1 aromatic carbocycles. The molecule has 7 heteroatoms. The van der Waals surface area contributed by atoms with Crippen molar-refractivity contribution in [1.82, 2.24) is 9.80 Å². The van der Waals surface area contributed by atoms with E-state index in [4.69, 9.17) is 4.74 Å². The van der Waals surface area contributed by atoms with Crippen LogP contribution in [0.3, 0.4) is 0 Å². The second-order valence-corrected chi connectivity index (χ2v) is 9.73. The van der Waals surface area contributed by atoms with E-state index < -0.39 is 0 Å². The molecule has 170 valence electrons. The van der Waals surface area contributed by atoms with E-state index in [0.717, 1.165) is 31.8 Å². The molecule has 2 saturated carbocycles. The number of anilines is 1. The van der Waals surface area contributed by atoms with Gasteiger partial charge in [0.15, 0.2) is 5.75 Å². The molecular weight excluding hydrogens is 394 g/mol. The molecule has 0 radical (unpaired) electrons. The number of nitrogens with zero attached hydrogens (tertiary/aromatic N) is 2. The molecule has 2 fully saturated rings. The molecule has 2 amide bonds. The van der Waals surface area contributed by atoms with Gasteiger partial charge in [-0.25, -0.2) is 0 Å². The Morgan fingerprint density at radius 2 is 2.03 bits per heavy atom. The summed E-state index contributed by atoms with van der Waals surface area (Å²) in [4.78, 5) is 29.9. The summed E-state index contributed by atoms with van der Waals surface area (Å²) in [5.41, 5.74) is 0.999. The summed E-state index contributed by atoms with van der Waals surface area (Å²) >= 11 is 0. The largest absolute Gasteiger partial charge is 0.486 e. The number of rotatable bonds is 8. The van der Waals surface area contributed by atoms with Crippen molar-refractivity contribution in [3.8, 4) is 5.75 Å². The quantitative estimate of drug-likeness (QED) is 0.664. The number of nitrogens with one attached hydrogen (secondary N) is 1. The van der Waals surface area contributed by atoms with Crippen molar-refractivity contribution in [3.05, 3.63) is 23.8 Å². The van der Waals surface area contributed by atoms with Gasteiger partial charge < -0.3 is 25.0 Å². The minimum Gasteiger partial charge on any atom is -0.486 e.